The monoisotopic (exact) mass is 241 g/mol. The molecule has 4 nitrogen and oxygen atoms in total. The Kier molecular flexibility index (Phi) is 3.25. The van der Waals surface area contributed by atoms with Crippen molar-refractivity contribution in [3.63, 3.8) is 0 Å². The van der Waals surface area contributed by atoms with E-state index in [0.29, 0.717) is 0 Å². The summed E-state index contributed by atoms with van der Waals surface area (Å²) in [6, 6.07) is 0. The van der Waals surface area contributed by atoms with E-state index in [1.165, 1.54) is 6.20 Å². The number of pyridine rings is 1. The second-order valence-corrected chi connectivity index (χ2v) is 2.94. The average molecular weight is 242 g/mol. The Labute approximate surface area is 88.0 Å². The smallest absolute Gasteiger partial charge is 0.400 e. The Bertz CT molecular complexity index is 369. The van der Waals surface area contributed by atoms with Gasteiger partial charge >= 0.3 is 6.36 Å². The zero-order valence-electron chi connectivity index (χ0n) is 7.31. The third-order valence-electron chi connectivity index (χ3n) is 1.51. The third-order valence-corrected chi connectivity index (χ3v) is 1.93. The van der Waals surface area contributed by atoms with Crippen molar-refractivity contribution in [3.05, 3.63) is 16.8 Å². The SMILES string of the molecule is NCc1cnc(N)c(OC(F)(F)F)c1Cl. The molecule has 1 aromatic heterocycles. The zero-order valence-corrected chi connectivity index (χ0v) is 8.06. The largest absolute Gasteiger partial charge is 0.573 e. The van der Waals surface area contributed by atoms with E-state index in [0.717, 1.165) is 0 Å². The van der Waals surface area contributed by atoms with Gasteiger partial charge in [-0.1, -0.05) is 11.6 Å². The van der Waals surface area contributed by atoms with E-state index in [9.17, 15) is 13.2 Å². The molecule has 0 aliphatic carbocycles. The highest BCUT2D eigenvalue weighted by atomic mass is 35.5. The van der Waals surface area contributed by atoms with Crippen LogP contribution >= 0.6 is 11.6 Å². The molecule has 8 heteroatoms. The summed E-state index contributed by atoms with van der Waals surface area (Å²) in [6.45, 7) is -0.0552. The first kappa shape index (κ1) is 11.9. The van der Waals surface area contributed by atoms with Crippen LogP contribution in [-0.2, 0) is 6.54 Å². The lowest BCUT2D eigenvalue weighted by Gasteiger charge is -2.13. The van der Waals surface area contributed by atoms with Gasteiger partial charge in [0.1, 0.15) is 0 Å². The minimum Gasteiger partial charge on any atom is -0.400 e. The predicted molar refractivity (Wildman–Crippen MR) is 48.2 cm³/mol. The summed E-state index contributed by atoms with van der Waals surface area (Å²) in [5, 5.41) is -0.276. The van der Waals surface area contributed by atoms with Crippen molar-refractivity contribution in [2.75, 3.05) is 5.73 Å². The number of halogens is 4. The van der Waals surface area contributed by atoms with Crippen LogP contribution in [-0.4, -0.2) is 11.3 Å². The minimum atomic E-state index is -4.87. The Morgan fingerprint density at radius 3 is 2.53 bits per heavy atom. The van der Waals surface area contributed by atoms with Gasteiger partial charge in [-0.2, -0.15) is 0 Å². The summed E-state index contributed by atoms with van der Waals surface area (Å²) in [7, 11) is 0. The van der Waals surface area contributed by atoms with Gasteiger partial charge in [-0.05, 0) is 0 Å². The molecular formula is C7H7ClF3N3O. The lowest BCUT2D eigenvalue weighted by molar-refractivity contribution is -0.274. The second kappa shape index (κ2) is 4.11. The number of hydrogen-bond acceptors (Lipinski definition) is 4. The molecule has 0 unspecified atom stereocenters. The fourth-order valence-corrected chi connectivity index (χ4v) is 1.14. The number of nitrogens with two attached hydrogens (primary N) is 2. The molecule has 4 N–H and O–H groups in total. The number of ether oxygens (including phenoxy) is 1. The molecule has 0 saturated carbocycles. The predicted octanol–water partition coefficient (Wildman–Crippen LogP) is 1.67. The summed E-state index contributed by atoms with van der Waals surface area (Å²) in [6.07, 6.45) is -3.67. The van der Waals surface area contributed by atoms with Crippen LogP contribution in [0.25, 0.3) is 0 Å². The van der Waals surface area contributed by atoms with Crippen molar-refractivity contribution in [1.29, 1.82) is 0 Å². The lowest BCUT2D eigenvalue weighted by atomic mass is 10.2. The molecule has 0 radical (unpaired) electrons. The van der Waals surface area contributed by atoms with E-state index in [4.69, 9.17) is 23.1 Å². The standard InChI is InChI=1S/C7H7ClF3N3O/c8-4-3(1-12)2-14-6(13)5(4)15-7(9,10)11/h2H,1,12H2,(H2,13,14). The molecule has 15 heavy (non-hydrogen) atoms. The number of nitrogen functional groups attached to an aromatic ring is 1. The molecule has 0 fully saturated rings. The lowest BCUT2D eigenvalue weighted by Crippen LogP contribution is -2.19. The molecule has 0 saturated heterocycles. The summed E-state index contributed by atoms with van der Waals surface area (Å²) in [4.78, 5) is 3.48. The molecule has 0 aliphatic heterocycles. The summed E-state index contributed by atoms with van der Waals surface area (Å²) in [5.41, 5.74) is 10.6. The van der Waals surface area contributed by atoms with Crippen LogP contribution < -0.4 is 16.2 Å². The summed E-state index contributed by atoms with van der Waals surface area (Å²) in [5.74, 6) is -1.15. The van der Waals surface area contributed by atoms with E-state index >= 15 is 0 Å². The van der Waals surface area contributed by atoms with Crippen LogP contribution in [0.1, 0.15) is 5.56 Å². The molecular weight excluding hydrogens is 235 g/mol. The minimum absolute atomic E-state index is 0.0552. The third kappa shape index (κ3) is 2.87. The molecule has 0 bridgehead atoms. The van der Waals surface area contributed by atoms with Crippen LogP contribution in [0.3, 0.4) is 0 Å². The number of nitrogens with zero attached hydrogens (tertiary/aromatic N) is 1. The summed E-state index contributed by atoms with van der Waals surface area (Å²) < 4.78 is 39.5. The van der Waals surface area contributed by atoms with Gasteiger partial charge in [-0.15, -0.1) is 13.2 Å². The van der Waals surface area contributed by atoms with Crippen molar-refractivity contribution in [3.8, 4) is 5.75 Å². The average Bonchev–Trinajstić information content (AvgIpc) is 2.11. The highest BCUT2D eigenvalue weighted by Gasteiger charge is 2.33. The second-order valence-electron chi connectivity index (χ2n) is 2.56. The quantitative estimate of drug-likeness (QED) is 0.826. The van der Waals surface area contributed by atoms with Gasteiger partial charge in [-0.25, -0.2) is 4.98 Å². The maximum atomic E-state index is 11.9. The van der Waals surface area contributed by atoms with Gasteiger partial charge in [0.2, 0.25) is 0 Å². The van der Waals surface area contributed by atoms with Crippen molar-refractivity contribution in [2.24, 2.45) is 5.73 Å². The van der Waals surface area contributed by atoms with Crippen LogP contribution in [0, 0.1) is 0 Å². The van der Waals surface area contributed by atoms with Gasteiger partial charge < -0.3 is 16.2 Å². The highest BCUT2D eigenvalue weighted by Crippen LogP contribution is 2.35. The van der Waals surface area contributed by atoms with Gasteiger partial charge in [-0.3, -0.25) is 0 Å². The molecule has 1 rings (SSSR count). The Morgan fingerprint density at radius 1 is 1.47 bits per heavy atom. The Balaban J connectivity index is 3.15. The molecule has 0 aromatic carbocycles. The maximum Gasteiger partial charge on any atom is 0.573 e. The number of hydrogen-bond donors (Lipinski definition) is 2. The van der Waals surface area contributed by atoms with E-state index in [1.54, 1.807) is 0 Å². The number of alkyl halides is 3. The summed E-state index contributed by atoms with van der Waals surface area (Å²) >= 11 is 5.60. The van der Waals surface area contributed by atoms with Crippen LogP contribution in [0.2, 0.25) is 5.02 Å². The first-order valence-corrected chi connectivity index (χ1v) is 4.11. The van der Waals surface area contributed by atoms with Gasteiger partial charge in [0.05, 0.1) is 5.02 Å². The van der Waals surface area contributed by atoms with Crippen molar-refractivity contribution in [2.45, 2.75) is 12.9 Å². The van der Waals surface area contributed by atoms with Crippen LogP contribution in [0.5, 0.6) is 5.75 Å². The number of aromatic nitrogens is 1. The van der Waals surface area contributed by atoms with Crippen LogP contribution in [0.4, 0.5) is 19.0 Å². The fourth-order valence-electron chi connectivity index (χ4n) is 0.876. The normalized spacial score (nSPS) is 11.5. The van der Waals surface area contributed by atoms with Crippen molar-refractivity contribution < 1.29 is 17.9 Å². The first-order valence-electron chi connectivity index (χ1n) is 3.74. The molecule has 84 valence electrons. The topological polar surface area (TPSA) is 74.2 Å². The van der Waals surface area contributed by atoms with E-state index < -0.39 is 17.9 Å². The van der Waals surface area contributed by atoms with E-state index in [1.807, 2.05) is 0 Å². The van der Waals surface area contributed by atoms with Crippen molar-refractivity contribution >= 4 is 17.4 Å². The molecule has 1 heterocycles. The Morgan fingerprint density at radius 2 is 2.07 bits per heavy atom. The highest BCUT2D eigenvalue weighted by molar-refractivity contribution is 6.33. The first-order chi connectivity index (χ1) is 6.85. The van der Waals surface area contributed by atoms with E-state index in [2.05, 4.69) is 9.72 Å². The van der Waals surface area contributed by atoms with Gasteiger partial charge in [0, 0.05) is 18.3 Å². The Hall–Kier alpha value is -1.21. The molecule has 0 atom stereocenters. The van der Waals surface area contributed by atoms with Crippen molar-refractivity contribution in [1.82, 2.24) is 4.98 Å². The number of rotatable bonds is 2. The van der Waals surface area contributed by atoms with Gasteiger partial charge in [0.15, 0.2) is 11.6 Å². The molecule has 0 amide bonds. The number of anilines is 1. The molecule has 0 aliphatic rings. The zero-order chi connectivity index (χ0) is 11.6. The fraction of sp³-hybridized carbons (Fsp3) is 0.286. The van der Waals surface area contributed by atoms with E-state index in [-0.39, 0.29) is 17.1 Å². The van der Waals surface area contributed by atoms with Crippen LogP contribution in [0.15, 0.2) is 6.20 Å². The maximum absolute atomic E-state index is 11.9. The van der Waals surface area contributed by atoms with Gasteiger partial charge in [0.25, 0.3) is 0 Å². The molecule has 0 spiro atoms. The molecule has 1 aromatic rings.